The second kappa shape index (κ2) is 12.8. The Kier molecular flexibility index (Phi) is 8.31. The lowest BCUT2D eigenvalue weighted by molar-refractivity contribution is -0.144. The van der Waals surface area contributed by atoms with E-state index in [-0.39, 0.29) is 49.1 Å². The zero-order chi connectivity index (χ0) is 29.9. The molecule has 8 heteroatoms. The zero-order valence-corrected chi connectivity index (χ0v) is 25.1. The van der Waals surface area contributed by atoms with Crippen LogP contribution in [0.15, 0.2) is 66.8 Å². The Labute approximate surface area is 258 Å². The van der Waals surface area contributed by atoms with Gasteiger partial charge in [-0.05, 0) is 91.8 Å². The largest absolute Gasteiger partial charge is 0.454 e. The summed E-state index contributed by atoms with van der Waals surface area (Å²) in [5, 5.41) is 0. The first-order valence-electron chi connectivity index (χ1n) is 16.1. The van der Waals surface area contributed by atoms with Gasteiger partial charge in [0.25, 0.3) is 0 Å². The second-order valence-electron chi connectivity index (χ2n) is 12.3. The lowest BCUT2D eigenvalue weighted by atomic mass is 9.53. The van der Waals surface area contributed by atoms with Gasteiger partial charge in [0.2, 0.25) is 25.4 Å². The van der Waals surface area contributed by atoms with E-state index in [1.807, 2.05) is 53.5 Å². The summed E-state index contributed by atoms with van der Waals surface area (Å²) in [4.78, 5) is 31.4. The van der Waals surface area contributed by atoms with Gasteiger partial charge in [-0.1, -0.05) is 42.5 Å². The molecule has 0 N–H and O–H groups in total. The molecule has 1 aliphatic carbocycles. The van der Waals surface area contributed by atoms with Gasteiger partial charge in [0.1, 0.15) is 0 Å². The first-order chi connectivity index (χ1) is 21.7. The third-order valence-corrected chi connectivity index (χ3v) is 9.65. The molecular weight excluding hydrogens is 556 g/mol. The van der Waals surface area contributed by atoms with Gasteiger partial charge >= 0.3 is 0 Å². The number of rotatable bonds is 7. The summed E-state index contributed by atoms with van der Waals surface area (Å²) in [6.45, 7) is 3.67. The summed E-state index contributed by atoms with van der Waals surface area (Å²) in [7, 11) is 0. The van der Waals surface area contributed by atoms with E-state index in [2.05, 4.69) is 23.1 Å². The van der Waals surface area contributed by atoms with Crippen LogP contribution in [0.3, 0.4) is 0 Å². The number of piperidine rings is 2. The first kappa shape index (κ1) is 28.6. The number of nitrogens with zero attached hydrogens (tertiary/aromatic N) is 2. The van der Waals surface area contributed by atoms with Crippen molar-refractivity contribution in [3.05, 3.63) is 77.9 Å². The molecule has 3 fully saturated rings. The van der Waals surface area contributed by atoms with E-state index in [4.69, 9.17) is 18.9 Å². The van der Waals surface area contributed by atoms with Gasteiger partial charge in [0, 0.05) is 32.1 Å². The van der Waals surface area contributed by atoms with E-state index in [0.29, 0.717) is 5.75 Å². The quantitative estimate of drug-likeness (QED) is 0.291. The van der Waals surface area contributed by atoms with Crippen molar-refractivity contribution < 1.29 is 28.5 Å². The predicted molar refractivity (Wildman–Crippen MR) is 167 cm³/mol. The minimum Gasteiger partial charge on any atom is -0.454 e. The molecule has 2 aromatic rings. The SMILES string of the molecule is O=C(C=CC1C(C=CC=Cc2ccc3c(c2)OCO3)C(C(=O)N2CCCCC2)C1c1ccc2c(c1)OCO2)N1CCCCC1. The Hall–Kier alpha value is -4.20. The highest BCUT2D eigenvalue weighted by atomic mass is 16.7. The number of allylic oxidation sites excluding steroid dienone is 4. The first-order valence-corrected chi connectivity index (χ1v) is 16.1. The van der Waals surface area contributed by atoms with Crippen LogP contribution in [-0.4, -0.2) is 61.4 Å². The second-order valence-corrected chi connectivity index (χ2v) is 12.3. The molecule has 7 rings (SSSR count). The van der Waals surface area contributed by atoms with Crippen LogP contribution in [0.25, 0.3) is 6.08 Å². The Morgan fingerprint density at radius 2 is 1.30 bits per heavy atom. The predicted octanol–water partition coefficient (Wildman–Crippen LogP) is 5.94. The van der Waals surface area contributed by atoms with Crippen molar-refractivity contribution in [3.8, 4) is 23.0 Å². The Balaban J connectivity index is 1.18. The lowest BCUT2D eigenvalue weighted by Crippen LogP contribution is -2.53. The van der Waals surface area contributed by atoms with Crippen molar-refractivity contribution in [2.24, 2.45) is 17.8 Å². The number of likely N-dealkylation sites (tertiary alicyclic amines) is 2. The molecule has 0 spiro atoms. The molecule has 4 aliphatic heterocycles. The minimum atomic E-state index is -0.233. The van der Waals surface area contributed by atoms with Gasteiger partial charge in [-0.15, -0.1) is 0 Å². The van der Waals surface area contributed by atoms with Crippen LogP contribution in [0.4, 0.5) is 0 Å². The van der Waals surface area contributed by atoms with Crippen molar-refractivity contribution in [3.63, 3.8) is 0 Å². The zero-order valence-electron chi connectivity index (χ0n) is 25.1. The molecule has 8 nitrogen and oxygen atoms in total. The summed E-state index contributed by atoms with van der Waals surface area (Å²) in [6.07, 6.45) is 18.6. The third kappa shape index (κ3) is 5.82. The van der Waals surface area contributed by atoms with Crippen LogP contribution in [0.1, 0.15) is 55.6 Å². The van der Waals surface area contributed by atoms with E-state index in [9.17, 15) is 9.59 Å². The fourth-order valence-corrected chi connectivity index (χ4v) is 7.29. The molecular formula is C36H40N2O6. The fraction of sp³-hybridized carbons (Fsp3) is 0.444. The minimum absolute atomic E-state index is 0.0157. The molecule has 4 unspecified atom stereocenters. The topological polar surface area (TPSA) is 77.5 Å². The van der Waals surface area contributed by atoms with Crippen molar-refractivity contribution in [1.82, 2.24) is 9.80 Å². The summed E-state index contributed by atoms with van der Waals surface area (Å²) < 4.78 is 22.3. The molecule has 1 saturated carbocycles. The molecule has 0 bridgehead atoms. The van der Waals surface area contributed by atoms with Crippen molar-refractivity contribution in [1.29, 1.82) is 0 Å². The third-order valence-electron chi connectivity index (χ3n) is 9.65. The maximum absolute atomic E-state index is 14.2. The molecule has 0 radical (unpaired) electrons. The summed E-state index contributed by atoms with van der Waals surface area (Å²) in [5.41, 5.74) is 2.06. The Bertz CT molecular complexity index is 1470. The van der Waals surface area contributed by atoms with E-state index < -0.39 is 0 Å². The van der Waals surface area contributed by atoms with Gasteiger partial charge < -0.3 is 28.7 Å². The number of ether oxygens (including phenoxy) is 4. The van der Waals surface area contributed by atoms with Crippen molar-refractivity contribution in [2.45, 2.75) is 44.4 Å². The number of carbonyl (C=O) groups excluding carboxylic acids is 2. The highest BCUT2D eigenvalue weighted by Crippen LogP contribution is 2.56. The number of amides is 2. The molecule has 2 saturated heterocycles. The van der Waals surface area contributed by atoms with E-state index >= 15 is 0 Å². The van der Waals surface area contributed by atoms with Gasteiger partial charge in [-0.2, -0.15) is 0 Å². The van der Waals surface area contributed by atoms with Crippen LogP contribution in [0.5, 0.6) is 23.0 Å². The average Bonchev–Trinajstić information content (AvgIpc) is 3.73. The molecule has 0 aromatic heterocycles. The highest BCUT2D eigenvalue weighted by Gasteiger charge is 2.53. The van der Waals surface area contributed by atoms with E-state index in [1.165, 1.54) is 6.42 Å². The molecule has 2 amide bonds. The number of carbonyl (C=O) groups is 2. The lowest BCUT2D eigenvalue weighted by Gasteiger charge is -2.51. The number of fused-ring (bicyclic) bond motifs is 2. The average molecular weight is 597 g/mol. The van der Waals surface area contributed by atoms with Gasteiger partial charge in [0.05, 0.1) is 5.92 Å². The molecule has 230 valence electrons. The van der Waals surface area contributed by atoms with E-state index in [1.54, 1.807) is 6.08 Å². The molecule has 5 aliphatic rings. The standard InChI is InChI=1S/C36H40N2O6/c39-33(37-17-5-1-6-18-37)16-13-28-27(10-4-3-9-25-11-14-29-31(21-25)43-23-41-29)35(36(40)38-19-7-2-8-20-38)34(28)26-12-15-30-32(22-26)44-24-42-30/h3-4,9-16,21-22,27-28,34-35H,1-2,5-8,17-20,23-24H2. The van der Waals surface area contributed by atoms with Crippen LogP contribution in [0.2, 0.25) is 0 Å². The van der Waals surface area contributed by atoms with Crippen LogP contribution < -0.4 is 18.9 Å². The monoisotopic (exact) mass is 596 g/mol. The molecule has 4 heterocycles. The van der Waals surface area contributed by atoms with Gasteiger partial charge in [-0.25, -0.2) is 0 Å². The summed E-state index contributed by atoms with van der Waals surface area (Å²) in [5.74, 6) is 2.84. The van der Waals surface area contributed by atoms with Gasteiger partial charge in [-0.3, -0.25) is 9.59 Å². The number of hydrogen-bond donors (Lipinski definition) is 0. The number of hydrogen-bond acceptors (Lipinski definition) is 6. The smallest absolute Gasteiger partial charge is 0.246 e. The molecule has 2 aromatic carbocycles. The normalized spacial score (nSPS) is 26.1. The Morgan fingerprint density at radius 3 is 2.02 bits per heavy atom. The number of benzene rings is 2. The van der Waals surface area contributed by atoms with Crippen LogP contribution in [-0.2, 0) is 9.59 Å². The fourth-order valence-electron chi connectivity index (χ4n) is 7.29. The summed E-state index contributed by atoms with van der Waals surface area (Å²) in [6, 6.07) is 11.9. The van der Waals surface area contributed by atoms with Gasteiger partial charge in [0.15, 0.2) is 23.0 Å². The summed E-state index contributed by atoms with van der Waals surface area (Å²) >= 11 is 0. The maximum atomic E-state index is 14.2. The highest BCUT2D eigenvalue weighted by molar-refractivity contribution is 5.88. The maximum Gasteiger partial charge on any atom is 0.246 e. The molecule has 44 heavy (non-hydrogen) atoms. The van der Waals surface area contributed by atoms with Crippen LogP contribution >= 0.6 is 0 Å². The molecule has 4 atom stereocenters. The van der Waals surface area contributed by atoms with Crippen LogP contribution in [0, 0.1) is 17.8 Å². The van der Waals surface area contributed by atoms with E-state index in [0.717, 1.165) is 86.7 Å². The van der Waals surface area contributed by atoms with Crippen molar-refractivity contribution >= 4 is 17.9 Å². The Morgan fingerprint density at radius 1 is 0.659 bits per heavy atom. The van der Waals surface area contributed by atoms with Crippen molar-refractivity contribution in [2.75, 3.05) is 39.8 Å².